The molecule has 0 aliphatic carbocycles. The van der Waals surface area contributed by atoms with Gasteiger partial charge in [0.05, 0.1) is 6.26 Å². The van der Waals surface area contributed by atoms with Gasteiger partial charge in [0.25, 0.3) is 0 Å². The van der Waals surface area contributed by atoms with Crippen LogP contribution in [-0.2, 0) is 6.54 Å². The zero-order valence-corrected chi connectivity index (χ0v) is 8.97. The van der Waals surface area contributed by atoms with E-state index in [4.69, 9.17) is 4.42 Å². The van der Waals surface area contributed by atoms with Crippen LogP contribution >= 0.6 is 0 Å². The molecule has 84 valence electrons. The molecule has 0 fully saturated rings. The smallest absolute Gasteiger partial charge is 0.133 e. The van der Waals surface area contributed by atoms with Crippen LogP contribution < -0.4 is 5.32 Å². The van der Waals surface area contributed by atoms with E-state index in [2.05, 4.69) is 5.32 Å². The average molecular weight is 217 g/mol. The predicted octanol–water partition coefficient (Wildman–Crippen LogP) is 2.10. The fraction of sp³-hybridized carbons (Fsp3) is 0.231. The van der Waals surface area contributed by atoms with E-state index in [0.717, 1.165) is 6.54 Å². The van der Waals surface area contributed by atoms with Gasteiger partial charge in [0, 0.05) is 13.1 Å². The molecular weight excluding hydrogens is 202 g/mol. The molecule has 1 aromatic carbocycles. The maximum absolute atomic E-state index is 9.73. The van der Waals surface area contributed by atoms with E-state index in [0.29, 0.717) is 12.3 Å². The second kappa shape index (κ2) is 5.49. The Labute approximate surface area is 94.7 Å². The highest BCUT2D eigenvalue weighted by Gasteiger charge is 2.08. The third kappa shape index (κ3) is 2.95. The van der Waals surface area contributed by atoms with Crippen LogP contribution in [0.2, 0.25) is 0 Å². The maximum atomic E-state index is 9.73. The first-order valence-electron chi connectivity index (χ1n) is 5.32. The van der Waals surface area contributed by atoms with Crippen molar-refractivity contribution in [3.8, 4) is 0 Å². The van der Waals surface area contributed by atoms with Crippen molar-refractivity contribution in [1.82, 2.24) is 5.32 Å². The second-order valence-corrected chi connectivity index (χ2v) is 3.65. The van der Waals surface area contributed by atoms with Crippen molar-refractivity contribution in [2.24, 2.45) is 0 Å². The molecule has 1 atom stereocenters. The molecule has 1 aromatic heterocycles. The van der Waals surface area contributed by atoms with Crippen LogP contribution in [0.3, 0.4) is 0 Å². The number of benzene rings is 1. The summed E-state index contributed by atoms with van der Waals surface area (Å²) in [5, 5.41) is 12.9. The Morgan fingerprint density at radius 1 is 1.12 bits per heavy atom. The summed E-state index contributed by atoms with van der Waals surface area (Å²) >= 11 is 0. The SMILES string of the molecule is OC(CNCc1ccccc1)c1ccco1. The number of hydrogen-bond acceptors (Lipinski definition) is 3. The Bertz CT molecular complexity index is 397. The second-order valence-electron chi connectivity index (χ2n) is 3.65. The van der Waals surface area contributed by atoms with Crippen molar-refractivity contribution < 1.29 is 9.52 Å². The molecule has 2 aromatic rings. The van der Waals surface area contributed by atoms with Crippen molar-refractivity contribution in [2.75, 3.05) is 6.54 Å². The first kappa shape index (κ1) is 10.9. The zero-order valence-electron chi connectivity index (χ0n) is 8.97. The third-order valence-corrected chi connectivity index (χ3v) is 2.38. The van der Waals surface area contributed by atoms with Crippen LogP contribution in [-0.4, -0.2) is 11.7 Å². The van der Waals surface area contributed by atoms with Gasteiger partial charge in [-0.1, -0.05) is 30.3 Å². The Morgan fingerprint density at radius 2 is 1.94 bits per heavy atom. The van der Waals surface area contributed by atoms with Crippen LogP contribution in [0, 0.1) is 0 Å². The van der Waals surface area contributed by atoms with Gasteiger partial charge in [-0.2, -0.15) is 0 Å². The average Bonchev–Trinajstić information content (AvgIpc) is 2.84. The molecule has 0 saturated carbocycles. The molecule has 2 rings (SSSR count). The van der Waals surface area contributed by atoms with E-state index in [-0.39, 0.29) is 0 Å². The van der Waals surface area contributed by atoms with Gasteiger partial charge in [0.1, 0.15) is 11.9 Å². The minimum absolute atomic E-state index is 0.488. The van der Waals surface area contributed by atoms with E-state index in [1.807, 2.05) is 30.3 Å². The van der Waals surface area contributed by atoms with Crippen molar-refractivity contribution in [1.29, 1.82) is 0 Å². The van der Waals surface area contributed by atoms with E-state index in [9.17, 15) is 5.11 Å². The molecule has 0 aliphatic rings. The zero-order chi connectivity index (χ0) is 11.2. The molecule has 3 heteroatoms. The number of aliphatic hydroxyl groups excluding tert-OH is 1. The van der Waals surface area contributed by atoms with E-state index < -0.39 is 6.10 Å². The Balaban J connectivity index is 1.76. The monoisotopic (exact) mass is 217 g/mol. The Hall–Kier alpha value is -1.58. The highest BCUT2D eigenvalue weighted by Crippen LogP contribution is 2.11. The molecule has 1 unspecified atom stereocenters. The van der Waals surface area contributed by atoms with Gasteiger partial charge in [-0.25, -0.2) is 0 Å². The van der Waals surface area contributed by atoms with E-state index in [1.165, 1.54) is 5.56 Å². The molecular formula is C13H15NO2. The summed E-state index contributed by atoms with van der Waals surface area (Å²) in [7, 11) is 0. The van der Waals surface area contributed by atoms with Gasteiger partial charge in [-0.3, -0.25) is 0 Å². The van der Waals surface area contributed by atoms with Gasteiger partial charge in [-0.15, -0.1) is 0 Å². The molecule has 0 radical (unpaired) electrons. The van der Waals surface area contributed by atoms with Gasteiger partial charge < -0.3 is 14.8 Å². The summed E-state index contributed by atoms with van der Waals surface area (Å²) in [6.07, 6.45) is 0.981. The van der Waals surface area contributed by atoms with E-state index >= 15 is 0 Å². The van der Waals surface area contributed by atoms with Gasteiger partial charge in [0.2, 0.25) is 0 Å². The first-order chi connectivity index (χ1) is 7.86. The summed E-state index contributed by atoms with van der Waals surface area (Å²) in [4.78, 5) is 0. The molecule has 0 amide bonds. The van der Waals surface area contributed by atoms with Gasteiger partial charge >= 0.3 is 0 Å². The quantitative estimate of drug-likeness (QED) is 0.806. The summed E-state index contributed by atoms with van der Waals surface area (Å²) in [5.74, 6) is 0.598. The lowest BCUT2D eigenvalue weighted by atomic mass is 10.2. The number of hydrogen-bond donors (Lipinski definition) is 2. The lowest BCUT2D eigenvalue weighted by Crippen LogP contribution is -2.20. The topological polar surface area (TPSA) is 45.4 Å². The number of nitrogens with one attached hydrogen (secondary N) is 1. The molecule has 2 N–H and O–H groups in total. The molecule has 0 aliphatic heterocycles. The summed E-state index contributed by atoms with van der Waals surface area (Å²) in [6.45, 7) is 1.24. The summed E-state index contributed by atoms with van der Waals surface area (Å²) in [6, 6.07) is 13.6. The van der Waals surface area contributed by atoms with Crippen molar-refractivity contribution in [2.45, 2.75) is 12.6 Å². The van der Waals surface area contributed by atoms with Crippen LogP contribution in [0.15, 0.2) is 53.1 Å². The maximum Gasteiger partial charge on any atom is 0.133 e. The molecule has 0 saturated heterocycles. The molecule has 16 heavy (non-hydrogen) atoms. The highest BCUT2D eigenvalue weighted by atomic mass is 16.4. The van der Waals surface area contributed by atoms with Crippen molar-refractivity contribution >= 4 is 0 Å². The lowest BCUT2D eigenvalue weighted by Gasteiger charge is -2.09. The number of rotatable bonds is 5. The first-order valence-corrected chi connectivity index (χ1v) is 5.32. The molecule has 1 heterocycles. The molecule has 0 bridgehead atoms. The van der Waals surface area contributed by atoms with Crippen LogP contribution in [0.5, 0.6) is 0 Å². The van der Waals surface area contributed by atoms with Crippen molar-refractivity contribution in [3.63, 3.8) is 0 Å². The van der Waals surface area contributed by atoms with Crippen LogP contribution in [0.4, 0.5) is 0 Å². The standard InChI is InChI=1S/C13H15NO2/c15-12(13-7-4-8-16-13)10-14-9-11-5-2-1-3-6-11/h1-8,12,14-15H,9-10H2. The van der Waals surface area contributed by atoms with Gasteiger partial charge in [-0.05, 0) is 17.7 Å². The molecule has 0 spiro atoms. The third-order valence-electron chi connectivity index (χ3n) is 2.38. The fourth-order valence-electron chi connectivity index (χ4n) is 1.53. The number of furan rings is 1. The largest absolute Gasteiger partial charge is 0.467 e. The minimum atomic E-state index is -0.585. The van der Waals surface area contributed by atoms with E-state index in [1.54, 1.807) is 18.4 Å². The normalized spacial score (nSPS) is 12.6. The summed E-state index contributed by atoms with van der Waals surface area (Å²) < 4.78 is 5.11. The van der Waals surface area contributed by atoms with Gasteiger partial charge in [0.15, 0.2) is 0 Å². The fourth-order valence-corrected chi connectivity index (χ4v) is 1.53. The Morgan fingerprint density at radius 3 is 2.62 bits per heavy atom. The Kier molecular flexibility index (Phi) is 3.75. The highest BCUT2D eigenvalue weighted by molar-refractivity contribution is 5.14. The molecule has 3 nitrogen and oxygen atoms in total. The summed E-state index contributed by atoms with van der Waals surface area (Å²) in [5.41, 5.74) is 1.20. The number of aliphatic hydroxyl groups is 1. The lowest BCUT2D eigenvalue weighted by molar-refractivity contribution is 0.147. The minimum Gasteiger partial charge on any atom is -0.467 e. The van der Waals surface area contributed by atoms with Crippen LogP contribution in [0.25, 0.3) is 0 Å². The van der Waals surface area contributed by atoms with Crippen molar-refractivity contribution in [3.05, 3.63) is 60.1 Å². The predicted molar refractivity (Wildman–Crippen MR) is 61.8 cm³/mol. The van der Waals surface area contributed by atoms with Crippen LogP contribution in [0.1, 0.15) is 17.4 Å².